The minimum atomic E-state index is -1.66. The summed E-state index contributed by atoms with van der Waals surface area (Å²) in [4.78, 5) is 0. The molecule has 0 saturated carbocycles. The molecule has 1 rings (SSSR count). The van der Waals surface area contributed by atoms with Crippen LogP contribution in [0.15, 0.2) is 0 Å². The van der Waals surface area contributed by atoms with Crippen LogP contribution < -0.4 is 0 Å². The summed E-state index contributed by atoms with van der Waals surface area (Å²) in [5.41, 5.74) is 0. The first-order valence-corrected chi connectivity index (χ1v) is 11.6. The second-order valence-corrected chi connectivity index (χ2v) is 13.2. The smallest absolute Gasteiger partial charge is 0.191 e. The second kappa shape index (κ2) is 6.78. The van der Waals surface area contributed by atoms with E-state index in [1.807, 2.05) is 13.8 Å². The maximum absolute atomic E-state index is 6.24. The van der Waals surface area contributed by atoms with Crippen molar-refractivity contribution in [3.8, 4) is 0 Å². The highest BCUT2D eigenvalue weighted by atomic mass is 79.9. The van der Waals surface area contributed by atoms with Gasteiger partial charge >= 0.3 is 0 Å². The van der Waals surface area contributed by atoms with E-state index in [0.717, 1.165) is 24.8 Å². The zero-order valence-corrected chi connectivity index (χ0v) is 16.7. The van der Waals surface area contributed by atoms with E-state index in [0.29, 0.717) is 0 Å². The van der Waals surface area contributed by atoms with Crippen LogP contribution in [0.2, 0.25) is 18.1 Å². The van der Waals surface area contributed by atoms with Gasteiger partial charge in [-0.25, -0.2) is 0 Å². The van der Waals surface area contributed by atoms with E-state index in [-0.39, 0.29) is 17.2 Å². The van der Waals surface area contributed by atoms with Crippen molar-refractivity contribution in [1.29, 1.82) is 0 Å². The summed E-state index contributed by atoms with van der Waals surface area (Å²) in [5.74, 6) is -0.464. The minimum absolute atomic E-state index is 0.146. The topological polar surface area (TPSA) is 27.7 Å². The van der Waals surface area contributed by atoms with Gasteiger partial charge in [-0.15, -0.1) is 0 Å². The van der Waals surface area contributed by atoms with Gasteiger partial charge in [-0.05, 0) is 44.8 Å². The fourth-order valence-corrected chi connectivity index (χ4v) is 3.66. The summed E-state index contributed by atoms with van der Waals surface area (Å²) in [7, 11) is -1.66. The predicted molar refractivity (Wildman–Crippen MR) is 90.0 cm³/mol. The minimum Gasteiger partial charge on any atom is -0.417 e. The van der Waals surface area contributed by atoms with E-state index in [1.165, 1.54) is 0 Å². The van der Waals surface area contributed by atoms with E-state index in [1.54, 1.807) is 0 Å². The molecule has 0 N–H and O–H groups in total. The van der Waals surface area contributed by atoms with Crippen molar-refractivity contribution in [2.24, 2.45) is 0 Å². The largest absolute Gasteiger partial charge is 0.417 e. The lowest BCUT2D eigenvalue weighted by molar-refractivity contribution is -0.147. The van der Waals surface area contributed by atoms with Crippen LogP contribution in [0.1, 0.15) is 47.5 Å². The van der Waals surface area contributed by atoms with E-state index < -0.39 is 14.1 Å². The maximum Gasteiger partial charge on any atom is 0.191 e. The molecule has 0 unspecified atom stereocenters. The zero-order valence-electron chi connectivity index (χ0n) is 14.1. The predicted octanol–water partition coefficient (Wildman–Crippen LogP) is 4.70. The number of rotatable bonds is 6. The van der Waals surface area contributed by atoms with E-state index in [9.17, 15) is 0 Å². The third kappa shape index (κ3) is 5.09. The standard InChI is InChI=1S/C15H31BrO3Si/c1-14(2,3)20(6,7)17-11-9-13-12(8-10-16)18-15(4,5)19-13/h12-13H,8-11H2,1-7H3/t12-,13-/m0/s1. The number of hydrogen-bond donors (Lipinski definition) is 0. The molecule has 0 aromatic rings. The lowest BCUT2D eigenvalue weighted by atomic mass is 10.1. The van der Waals surface area contributed by atoms with Crippen molar-refractivity contribution in [1.82, 2.24) is 0 Å². The molecule has 1 fully saturated rings. The Hall–Kier alpha value is 0.577. The molecule has 5 heteroatoms. The fourth-order valence-electron chi connectivity index (χ4n) is 2.15. The molecule has 0 aliphatic carbocycles. The highest BCUT2D eigenvalue weighted by Crippen LogP contribution is 2.37. The van der Waals surface area contributed by atoms with Crippen LogP contribution in [0, 0.1) is 0 Å². The van der Waals surface area contributed by atoms with Gasteiger partial charge in [0.05, 0.1) is 12.2 Å². The molecular formula is C15H31BrO3Si. The van der Waals surface area contributed by atoms with Crippen molar-refractivity contribution < 1.29 is 13.9 Å². The first-order chi connectivity index (χ1) is 8.98. The van der Waals surface area contributed by atoms with Crippen LogP contribution in [0.25, 0.3) is 0 Å². The van der Waals surface area contributed by atoms with Crippen LogP contribution in [-0.2, 0) is 13.9 Å². The number of halogens is 1. The van der Waals surface area contributed by atoms with Crippen LogP contribution in [-0.4, -0.2) is 38.2 Å². The lowest BCUT2D eigenvalue weighted by Gasteiger charge is -2.36. The molecule has 20 heavy (non-hydrogen) atoms. The van der Waals surface area contributed by atoms with E-state index in [4.69, 9.17) is 13.9 Å². The Morgan fingerprint density at radius 2 is 1.60 bits per heavy atom. The Kier molecular flexibility index (Phi) is 6.31. The lowest BCUT2D eigenvalue weighted by Crippen LogP contribution is -2.41. The van der Waals surface area contributed by atoms with Gasteiger partial charge in [0.2, 0.25) is 0 Å². The summed E-state index contributed by atoms with van der Waals surface area (Å²) in [6.45, 7) is 16.1. The molecule has 0 aromatic carbocycles. The Bertz CT molecular complexity index is 313. The number of alkyl halides is 1. The Labute approximate surface area is 134 Å². The van der Waals surface area contributed by atoms with Crippen molar-refractivity contribution in [2.75, 3.05) is 11.9 Å². The average molecular weight is 367 g/mol. The maximum atomic E-state index is 6.24. The van der Waals surface area contributed by atoms with Crippen molar-refractivity contribution in [2.45, 2.75) is 83.6 Å². The first-order valence-electron chi connectivity index (χ1n) is 7.54. The van der Waals surface area contributed by atoms with Gasteiger partial charge in [0, 0.05) is 11.9 Å². The Balaban J connectivity index is 2.48. The SMILES string of the molecule is CC1(C)O[C@@H](CCBr)[C@H](CCO[Si](C)(C)C(C)(C)C)O1. The molecule has 0 radical (unpaired) electrons. The molecule has 3 nitrogen and oxygen atoms in total. The van der Waals surface area contributed by atoms with Gasteiger partial charge < -0.3 is 13.9 Å². The molecule has 2 atom stereocenters. The molecule has 0 bridgehead atoms. The van der Waals surface area contributed by atoms with Crippen LogP contribution >= 0.6 is 15.9 Å². The zero-order chi connectivity index (χ0) is 15.6. The molecule has 0 aromatic heterocycles. The normalized spacial score (nSPS) is 27.0. The van der Waals surface area contributed by atoms with E-state index in [2.05, 4.69) is 49.8 Å². The number of hydrogen-bond acceptors (Lipinski definition) is 3. The van der Waals surface area contributed by atoms with Crippen LogP contribution in [0.5, 0.6) is 0 Å². The highest BCUT2D eigenvalue weighted by Gasteiger charge is 2.41. The van der Waals surface area contributed by atoms with Crippen molar-refractivity contribution >= 4 is 24.2 Å². The first kappa shape index (κ1) is 18.6. The molecule has 1 aliphatic heterocycles. The van der Waals surface area contributed by atoms with Gasteiger partial charge in [0.15, 0.2) is 14.1 Å². The van der Waals surface area contributed by atoms with Gasteiger partial charge in [0.1, 0.15) is 0 Å². The third-order valence-corrected chi connectivity index (χ3v) is 9.35. The molecule has 0 amide bonds. The van der Waals surface area contributed by atoms with Gasteiger partial charge in [-0.1, -0.05) is 36.7 Å². The van der Waals surface area contributed by atoms with E-state index >= 15 is 0 Å². The number of ether oxygens (including phenoxy) is 2. The summed E-state index contributed by atoms with van der Waals surface area (Å²) >= 11 is 3.49. The van der Waals surface area contributed by atoms with Crippen LogP contribution in [0.4, 0.5) is 0 Å². The van der Waals surface area contributed by atoms with Gasteiger partial charge in [-0.2, -0.15) is 0 Å². The molecule has 1 aliphatic rings. The quantitative estimate of drug-likeness (QED) is 0.503. The highest BCUT2D eigenvalue weighted by molar-refractivity contribution is 9.09. The second-order valence-electron chi connectivity index (χ2n) is 7.59. The van der Waals surface area contributed by atoms with Crippen LogP contribution in [0.3, 0.4) is 0 Å². The molecule has 1 heterocycles. The Morgan fingerprint density at radius 1 is 1.10 bits per heavy atom. The van der Waals surface area contributed by atoms with Gasteiger partial charge in [0.25, 0.3) is 0 Å². The Morgan fingerprint density at radius 3 is 2.05 bits per heavy atom. The van der Waals surface area contributed by atoms with Crippen molar-refractivity contribution in [3.05, 3.63) is 0 Å². The van der Waals surface area contributed by atoms with Gasteiger partial charge in [-0.3, -0.25) is 0 Å². The summed E-state index contributed by atoms with van der Waals surface area (Å²) in [5, 5.41) is 1.20. The van der Waals surface area contributed by atoms with Crippen molar-refractivity contribution in [3.63, 3.8) is 0 Å². The fraction of sp³-hybridized carbons (Fsp3) is 1.00. The molecule has 1 saturated heterocycles. The molecular weight excluding hydrogens is 336 g/mol. The molecule has 120 valence electrons. The molecule has 0 spiro atoms. The average Bonchev–Trinajstić information content (AvgIpc) is 2.52. The summed E-state index contributed by atoms with van der Waals surface area (Å²) < 4.78 is 18.2. The summed E-state index contributed by atoms with van der Waals surface area (Å²) in [6.07, 6.45) is 2.21. The summed E-state index contributed by atoms with van der Waals surface area (Å²) in [6, 6.07) is 0. The third-order valence-electron chi connectivity index (χ3n) is 4.35. The monoisotopic (exact) mass is 366 g/mol.